The number of benzene rings is 1. The first kappa shape index (κ1) is 16.7. The highest BCUT2D eigenvalue weighted by Gasteiger charge is 2.36. The summed E-state index contributed by atoms with van der Waals surface area (Å²) in [4.78, 5) is 30.9. The summed E-state index contributed by atoms with van der Waals surface area (Å²) in [6.45, 7) is 3.46. The van der Waals surface area contributed by atoms with Crippen LogP contribution >= 0.6 is 11.3 Å². The van der Waals surface area contributed by atoms with E-state index in [1.165, 1.54) is 11.3 Å². The summed E-state index contributed by atoms with van der Waals surface area (Å²) in [5.74, 6) is -0.480. The minimum absolute atomic E-state index is 0.0490. The van der Waals surface area contributed by atoms with Crippen molar-refractivity contribution in [1.29, 1.82) is 0 Å². The summed E-state index contributed by atoms with van der Waals surface area (Å²) in [5, 5.41) is 7.77. The predicted molar refractivity (Wildman–Crippen MR) is 100 cm³/mol. The molecule has 3 aromatic rings. The molecule has 0 saturated carbocycles. The molecular weight excluding hydrogens is 350 g/mol. The molecule has 7 nitrogen and oxygen atoms in total. The standard InChI is InChI=1S/C18H19N5O2S/c1-12-6-7-20-23(12)9-8-19-17(25)13-10-16(24)22(11-13)18-21-14-4-2-3-5-15(14)26-18/h2-7,13H,8-11H2,1H3,(H,19,25). The van der Waals surface area contributed by atoms with Gasteiger partial charge in [0.1, 0.15) is 0 Å². The van der Waals surface area contributed by atoms with E-state index in [0.717, 1.165) is 15.9 Å². The molecule has 3 heterocycles. The summed E-state index contributed by atoms with van der Waals surface area (Å²) < 4.78 is 2.88. The van der Waals surface area contributed by atoms with Gasteiger partial charge in [-0.1, -0.05) is 23.5 Å². The van der Waals surface area contributed by atoms with Crippen LogP contribution in [0.3, 0.4) is 0 Å². The highest BCUT2D eigenvalue weighted by molar-refractivity contribution is 7.22. The molecule has 2 aromatic heterocycles. The van der Waals surface area contributed by atoms with Gasteiger partial charge in [0.15, 0.2) is 5.13 Å². The molecule has 1 saturated heterocycles. The third-order valence-electron chi connectivity index (χ3n) is 4.56. The minimum atomic E-state index is -0.340. The number of hydrogen-bond acceptors (Lipinski definition) is 5. The Kier molecular flexibility index (Phi) is 4.42. The van der Waals surface area contributed by atoms with Gasteiger partial charge in [0.25, 0.3) is 0 Å². The molecule has 0 spiro atoms. The Morgan fingerprint density at radius 3 is 2.96 bits per heavy atom. The van der Waals surface area contributed by atoms with Gasteiger partial charge < -0.3 is 5.32 Å². The molecule has 1 atom stereocenters. The number of nitrogens with zero attached hydrogens (tertiary/aromatic N) is 4. The van der Waals surface area contributed by atoms with Crippen molar-refractivity contribution in [3.8, 4) is 0 Å². The second kappa shape index (κ2) is 6.87. The number of carbonyl (C=O) groups is 2. The molecule has 1 aliphatic rings. The number of rotatable bonds is 5. The van der Waals surface area contributed by atoms with Crippen LogP contribution in [0.1, 0.15) is 12.1 Å². The number of amides is 2. The van der Waals surface area contributed by atoms with Gasteiger partial charge in [0.2, 0.25) is 11.8 Å². The van der Waals surface area contributed by atoms with Gasteiger partial charge >= 0.3 is 0 Å². The van der Waals surface area contributed by atoms with Gasteiger partial charge in [-0.3, -0.25) is 19.2 Å². The molecule has 1 aliphatic heterocycles. The van der Waals surface area contributed by atoms with Crippen molar-refractivity contribution in [2.45, 2.75) is 19.9 Å². The first-order valence-corrected chi connectivity index (χ1v) is 9.35. The lowest BCUT2D eigenvalue weighted by atomic mass is 10.1. The van der Waals surface area contributed by atoms with E-state index in [0.29, 0.717) is 24.8 Å². The molecule has 1 N–H and O–H groups in total. The van der Waals surface area contributed by atoms with E-state index in [-0.39, 0.29) is 24.2 Å². The van der Waals surface area contributed by atoms with Crippen LogP contribution in [0.4, 0.5) is 5.13 Å². The lowest BCUT2D eigenvalue weighted by Gasteiger charge is -2.13. The Bertz CT molecular complexity index is 930. The molecule has 1 aromatic carbocycles. The predicted octanol–water partition coefficient (Wildman–Crippen LogP) is 1.97. The minimum Gasteiger partial charge on any atom is -0.354 e. The van der Waals surface area contributed by atoms with Crippen molar-refractivity contribution in [3.05, 3.63) is 42.2 Å². The highest BCUT2D eigenvalue weighted by atomic mass is 32.1. The largest absolute Gasteiger partial charge is 0.354 e. The van der Waals surface area contributed by atoms with E-state index in [9.17, 15) is 9.59 Å². The van der Waals surface area contributed by atoms with Crippen LogP contribution < -0.4 is 10.2 Å². The fraction of sp³-hybridized carbons (Fsp3) is 0.333. The number of fused-ring (bicyclic) bond motifs is 1. The van der Waals surface area contributed by atoms with E-state index < -0.39 is 0 Å². The number of anilines is 1. The zero-order chi connectivity index (χ0) is 18.1. The number of carbonyl (C=O) groups excluding carboxylic acids is 2. The maximum Gasteiger partial charge on any atom is 0.229 e. The molecular formula is C18H19N5O2S. The van der Waals surface area contributed by atoms with E-state index in [1.807, 2.05) is 41.9 Å². The van der Waals surface area contributed by atoms with E-state index in [2.05, 4.69) is 15.4 Å². The van der Waals surface area contributed by atoms with Gasteiger partial charge in [0.05, 0.1) is 22.7 Å². The third-order valence-corrected chi connectivity index (χ3v) is 5.62. The molecule has 2 amide bonds. The summed E-state index contributed by atoms with van der Waals surface area (Å²) >= 11 is 1.48. The van der Waals surface area contributed by atoms with Gasteiger partial charge in [-0.25, -0.2) is 4.98 Å². The van der Waals surface area contributed by atoms with Crippen LogP contribution in [0.5, 0.6) is 0 Å². The maximum absolute atomic E-state index is 12.4. The van der Waals surface area contributed by atoms with Crippen molar-refractivity contribution >= 4 is 38.5 Å². The average Bonchev–Trinajstić information content (AvgIpc) is 3.33. The van der Waals surface area contributed by atoms with Crippen molar-refractivity contribution in [2.24, 2.45) is 5.92 Å². The Morgan fingerprint density at radius 1 is 1.35 bits per heavy atom. The molecule has 26 heavy (non-hydrogen) atoms. The normalized spacial score (nSPS) is 17.2. The number of para-hydroxylation sites is 1. The van der Waals surface area contributed by atoms with Crippen molar-refractivity contribution in [3.63, 3.8) is 0 Å². The topological polar surface area (TPSA) is 80.1 Å². The molecule has 0 bridgehead atoms. The van der Waals surface area contributed by atoms with E-state index >= 15 is 0 Å². The van der Waals surface area contributed by atoms with Crippen LogP contribution in [0, 0.1) is 12.8 Å². The molecule has 8 heteroatoms. The SMILES string of the molecule is Cc1ccnn1CCNC(=O)C1CC(=O)N(c2nc3ccccc3s2)C1. The Labute approximate surface area is 154 Å². The highest BCUT2D eigenvalue weighted by Crippen LogP contribution is 2.32. The molecule has 134 valence electrons. The van der Waals surface area contributed by atoms with Crippen molar-refractivity contribution in [1.82, 2.24) is 20.1 Å². The summed E-state index contributed by atoms with van der Waals surface area (Å²) in [5.41, 5.74) is 1.93. The number of hydrogen-bond donors (Lipinski definition) is 1. The van der Waals surface area contributed by atoms with Crippen LogP contribution in [-0.2, 0) is 16.1 Å². The Balaban J connectivity index is 1.37. The molecule has 0 aliphatic carbocycles. The monoisotopic (exact) mass is 369 g/mol. The third kappa shape index (κ3) is 3.20. The average molecular weight is 369 g/mol. The Morgan fingerprint density at radius 2 is 2.19 bits per heavy atom. The van der Waals surface area contributed by atoms with Gasteiger partial charge in [0, 0.05) is 31.4 Å². The Hall–Kier alpha value is -2.74. The fourth-order valence-electron chi connectivity index (χ4n) is 3.11. The zero-order valence-electron chi connectivity index (χ0n) is 14.4. The molecule has 1 unspecified atom stereocenters. The van der Waals surface area contributed by atoms with Gasteiger partial charge in [-0.2, -0.15) is 5.10 Å². The first-order valence-electron chi connectivity index (χ1n) is 8.54. The molecule has 0 radical (unpaired) electrons. The van der Waals surface area contributed by atoms with Gasteiger partial charge in [-0.05, 0) is 25.1 Å². The number of aromatic nitrogens is 3. The lowest BCUT2D eigenvalue weighted by Crippen LogP contribution is -2.35. The number of nitrogens with one attached hydrogen (secondary N) is 1. The van der Waals surface area contributed by atoms with Crippen molar-refractivity contribution in [2.75, 3.05) is 18.0 Å². The number of thiazole rings is 1. The number of aryl methyl sites for hydroxylation is 1. The zero-order valence-corrected chi connectivity index (χ0v) is 15.2. The van der Waals surface area contributed by atoms with Crippen LogP contribution in [-0.4, -0.2) is 39.7 Å². The maximum atomic E-state index is 12.4. The van der Waals surface area contributed by atoms with Gasteiger partial charge in [-0.15, -0.1) is 0 Å². The molecule has 4 rings (SSSR count). The molecule has 1 fully saturated rings. The lowest BCUT2D eigenvalue weighted by molar-refractivity contribution is -0.126. The first-order chi connectivity index (χ1) is 12.6. The van der Waals surface area contributed by atoms with Crippen molar-refractivity contribution < 1.29 is 9.59 Å². The van der Waals surface area contributed by atoms with Crippen LogP contribution in [0.25, 0.3) is 10.2 Å². The fourth-order valence-corrected chi connectivity index (χ4v) is 4.10. The summed E-state index contributed by atoms with van der Waals surface area (Å²) in [6, 6.07) is 9.71. The van der Waals surface area contributed by atoms with E-state index in [1.54, 1.807) is 11.1 Å². The summed E-state index contributed by atoms with van der Waals surface area (Å²) in [6.07, 6.45) is 1.96. The van der Waals surface area contributed by atoms with E-state index in [4.69, 9.17) is 0 Å². The smallest absolute Gasteiger partial charge is 0.229 e. The van der Waals surface area contributed by atoms with Crippen LogP contribution in [0.15, 0.2) is 36.5 Å². The quantitative estimate of drug-likeness (QED) is 0.746. The second-order valence-corrected chi connectivity index (χ2v) is 7.37. The summed E-state index contributed by atoms with van der Waals surface area (Å²) in [7, 11) is 0. The second-order valence-electron chi connectivity index (χ2n) is 6.36. The van der Waals surface area contributed by atoms with Crippen LogP contribution in [0.2, 0.25) is 0 Å².